The molecule has 0 heterocycles. The first-order valence-electron chi connectivity index (χ1n) is 8.72. The number of nitrogens with one attached hydrogen (secondary N) is 2. The van der Waals surface area contributed by atoms with Crippen LogP contribution in [0.4, 0.5) is 11.4 Å². The van der Waals surface area contributed by atoms with E-state index < -0.39 is 0 Å². The van der Waals surface area contributed by atoms with Crippen LogP contribution in [0, 0.1) is 0 Å². The lowest BCUT2D eigenvalue weighted by atomic mass is 9.83. The Morgan fingerprint density at radius 3 is 1.46 bits per heavy atom. The van der Waals surface area contributed by atoms with Gasteiger partial charge in [0.1, 0.15) is 0 Å². The summed E-state index contributed by atoms with van der Waals surface area (Å²) in [7, 11) is 0. The van der Waals surface area contributed by atoms with E-state index in [1.807, 2.05) is 0 Å². The molecule has 0 saturated heterocycles. The van der Waals surface area contributed by atoms with E-state index in [0.29, 0.717) is 48.2 Å². The van der Waals surface area contributed by atoms with Crippen LogP contribution in [0.25, 0.3) is 0 Å². The van der Waals surface area contributed by atoms with Crippen LogP contribution in [-0.2, 0) is 0 Å². The maximum atomic E-state index is 12.8. The first kappa shape index (κ1) is 18.1. The van der Waals surface area contributed by atoms with Crippen molar-refractivity contribution in [2.75, 3.05) is 36.9 Å². The fourth-order valence-electron chi connectivity index (χ4n) is 2.99. The molecule has 0 amide bonds. The predicted octanol–water partition coefficient (Wildman–Crippen LogP) is 2.05. The molecule has 0 aliphatic heterocycles. The zero-order valence-corrected chi connectivity index (χ0v) is 14.4. The van der Waals surface area contributed by atoms with E-state index in [2.05, 4.69) is 10.6 Å². The molecule has 0 saturated carbocycles. The standard InChI is InChI=1S/C20H22N2O4/c23-9-1-7-21-13-3-5-15-17(11-13)19(25)16-6-4-14(22-8-2-10-24)12-18(16)20(15)26/h3-6,11-12,21-24H,1-2,7-10H2. The number of ketones is 2. The van der Waals surface area contributed by atoms with Gasteiger partial charge in [-0.05, 0) is 49.2 Å². The van der Waals surface area contributed by atoms with Crippen LogP contribution in [-0.4, -0.2) is 48.1 Å². The van der Waals surface area contributed by atoms with Crippen LogP contribution < -0.4 is 10.6 Å². The Bertz CT molecular complexity index is 763. The van der Waals surface area contributed by atoms with Gasteiger partial charge in [0, 0.05) is 59.9 Å². The van der Waals surface area contributed by atoms with Crippen LogP contribution in [0.3, 0.4) is 0 Å². The molecule has 136 valence electrons. The highest BCUT2D eigenvalue weighted by Gasteiger charge is 2.30. The van der Waals surface area contributed by atoms with Gasteiger partial charge in [-0.25, -0.2) is 0 Å². The Morgan fingerprint density at radius 2 is 1.08 bits per heavy atom. The molecule has 4 N–H and O–H groups in total. The smallest absolute Gasteiger partial charge is 0.194 e. The van der Waals surface area contributed by atoms with Crippen LogP contribution >= 0.6 is 0 Å². The topological polar surface area (TPSA) is 98.7 Å². The lowest BCUT2D eigenvalue weighted by Gasteiger charge is -2.19. The van der Waals surface area contributed by atoms with E-state index in [1.165, 1.54) is 0 Å². The lowest BCUT2D eigenvalue weighted by molar-refractivity contribution is 0.0979. The van der Waals surface area contributed by atoms with Gasteiger partial charge >= 0.3 is 0 Å². The molecule has 0 radical (unpaired) electrons. The molecule has 0 fully saturated rings. The molecule has 2 aromatic carbocycles. The molecular weight excluding hydrogens is 332 g/mol. The maximum Gasteiger partial charge on any atom is 0.194 e. The van der Waals surface area contributed by atoms with Crippen molar-refractivity contribution in [2.45, 2.75) is 12.8 Å². The fraction of sp³-hybridized carbons (Fsp3) is 0.300. The van der Waals surface area contributed by atoms with Crippen molar-refractivity contribution in [3.05, 3.63) is 58.7 Å². The minimum Gasteiger partial charge on any atom is -0.396 e. The van der Waals surface area contributed by atoms with E-state index in [-0.39, 0.29) is 24.8 Å². The van der Waals surface area contributed by atoms with Crippen molar-refractivity contribution in [3.8, 4) is 0 Å². The number of rotatable bonds is 8. The molecule has 1 aliphatic carbocycles. The van der Waals surface area contributed by atoms with Gasteiger partial charge in [-0.3, -0.25) is 9.59 Å². The zero-order chi connectivity index (χ0) is 18.5. The minimum atomic E-state index is -0.165. The SMILES string of the molecule is O=C1c2ccc(NCCCO)cc2C(=O)c2ccc(NCCCO)cc21. The predicted molar refractivity (Wildman–Crippen MR) is 100 cm³/mol. The number of aliphatic hydroxyl groups is 2. The molecule has 3 rings (SSSR count). The second kappa shape index (κ2) is 8.12. The van der Waals surface area contributed by atoms with Crippen LogP contribution in [0.15, 0.2) is 36.4 Å². The molecule has 0 spiro atoms. The van der Waals surface area contributed by atoms with Gasteiger partial charge in [0.15, 0.2) is 11.6 Å². The Kier molecular flexibility index (Phi) is 5.65. The molecule has 1 aliphatic rings. The van der Waals surface area contributed by atoms with E-state index in [1.54, 1.807) is 36.4 Å². The number of benzene rings is 2. The first-order chi connectivity index (χ1) is 12.7. The highest BCUT2D eigenvalue weighted by atomic mass is 16.3. The number of fused-ring (bicyclic) bond motifs is 2. The van der Waals surface area contributed by atoms with Crippen molar-refractivity contribution < 1.29 is 19.8 Å². The second-order valence-corrected chi connectivity index (χ2v) is 6.19. The van der Waals surface area contributed by atoms with E-state index >= 15 is 0 Å². The summed E-state index contributed by atoms with van der Waals surface area (Å²) in [5.41, 5.74) is 3.12. The second-order valence-electron chi connectivity index (χ2n) is 6.19. The van der Waals surface area contributed by atoms with Gasteiger partial charge < -0.3 is 20.8 Å². The number of hydrogen-bond donors (Lipinski definition) is 4. The molecule has 2 aromatic rings. The molecule has 0 bridgehead atoms. The van der Waals surface area contributed by atoms with Gasteiger partial charge in [-0.15, -0.1) is 0 Å². The van der Waals surface area contributed by atoms with Gasteiger partial charge in [0.25, 0.3) is 0 Å². The summed E-state index contributed by atoms with van der Waals surface area (Å²) in [6.07, 6.45) is 1.22. The third-order valence-corrected chi connectivity index (χ3v) is 4.35. The number of anilines is 2. The normalized spacial score (nSPS) is 12.5. The largest absolute Gasteiger partial charge is 0.396 e. The molecule has 6 nitrogen and oxygen atoms in total. The van der Waals surface area contributed by atoms with Crippen LogP contribution in [0.1, 0.15) is 44.7 Å². The molecule has 0 aromatic heterocycles. The maximum absolute atomic E-state index is 12.8. The van der Waals surface area contributed by atoms with Crippen molar-refractivity contribution >= 4 is 22.9 Å². The Balaban J connectivity index is 1.87. The summed E-state index contributed by atoms with van der Waals surface area (Å²) in [4.78, 5) is 25.7. The summed E-state index contributed by atoms with van der Waals surface area (Å²) >= 11 is 0. The zero-order valence-electron chi connectivity index (χ0n) is 14.4. The Hall–Kier alpha value is -2.70. The van der Waals surface area contributed by atoms with E-state index in [0.717, 1.165) is 11.4 Å². The van der Waals surface area contributed by atoms with Gasteiger partial charge in [-0.1, -0.05) is 0 Å². The number of carbonyl (C=O) groups is 2. The van der Waals surface area contributed by atoms with Crippen molar-refractivity contribution in [3.63, 3.8) is 0 Å². The monoisotopic (exact) mass is 354 g/mol. The van der Waals surface area contributed by atoms with Crippen molar-refractivity contribution in [1.29, 1.82) is 0 Å². The van der Waals surface area contributed by atoms with Crippen LogP contribution in [0.2, 0.25) is 0 Å². The van der Waals surface area contributed by atoms with Gasteiger partial charge in [0.2, 0.25) is 0 Å². The third-order valence-electron chi connectivity index (χ3n) is 4.35. The van der Waals surface area contributed by atoms with Crippen LogP contribution in [0.5, 0.6) is 0 Å². The molecule has 6 heteroatoms. The van der Waals surface area contributed by atoms with E-state index in [4.69, 9.17) is 10.2 Å². The summed E-state index contributed by atoms with van der Waals surface area (Å²) in [5.74, 6) is -0.329. The third kappa shape index (κ3) is 3.61. The van der Waals surface area contributed by atoms with Crippen molar-refractivity contribution in [2.24, 2.45) is 0 Å². The minimum absolute atomic E-state index is 0.0946. The quantitative estimate of drug-likeness (QED) is 0.462. The summed E-state index contributed by atoms with van der Waals surface area (Å²) < 4.78 is 0. The Morgan fingerprint density at radius 1 is 0.654 bits per heavy atom. The number of hydrogen-bond acceptors (Lipinski definition) is 6. The lowest BCUT2D eigenvalue weighted by Crippen LogP contribution is -2.21. The van der Waals surface area contributed by atoms with Gasteiger partial charge in [0.05, 0.1) is 0 Å². The molecular formula is C20H22N2O4. The highest BCUT2D eigenvalue weighted by molar-refractivity contribution is 6.28. The summed E-state index contributed by atoms with van der Waals surface area (Å²) in [6.45, 7) is 1.38. The van der Waals surface area contributed by atoms with Crippen molar-refractivity contribution in [1.82, 2.24) is 0 Å². The molecule has 0 unspecified atom stereocenters. The Labute approximate surface area is 151 Å². The average molecular weight is 354 g/mol. The highest BCUT2D eigenvalue weighted by Crippen LogP contribution is 2.30. The molecule has 0 atom stereocenters. The number of carbonyl (C=O) groups excluding carboxylic acids is 2. The van der Waals surface area contributed by atoms with E-state index in [9.17, 15) is 9.59 Å². The summed E-state index contributed by atoms with van der Waals surface area (Å²) in [5, 5.41) is 24.0. The fourth-order valence-corrected chi connectivity index (χ4v) is 2.99. The number of aliphatic hydroxyl groups excluding tert-OH is 2. The average Bonchev–Trinajstić information content (AvgIpc) is 2.66. The molecule has 26 heavy (non-hydrogen) atoms. The van der Waals surface area contributed by atoms with Gasteiger partial charge in [-0.2, -0.15) is 0 Å². The summed E-state index contributed by atoms with van der Waals surface area (Å²) in [6, 6.07) is 10.3. The first-order valence-corrected chi connectivity index (χ1v) is 8.72.